The molecule has 1 aromatic carbocycles. The maximum Gasteiger partial charge on any atom is 0.122 e. The molecular weight excluding hydrogens is 176 g/mol. The zero-order valence-corrected chi connectivity index (χ0v) is 8.66. The van der Waals surface area contributed by atoms with Gasteiger partial charge in [-0.25, -0.2) is 0 Å². The Morgan fingerprint density at radius 2 is 2.14 bits per heavy atom. The number of nitrogens with two attached hydrogens (primary N) is 1. The Morgan fingerprint density at radius 3 is 2.79 bits per heavy atom. The Morgan fingerprint density at radius 1 is 1.43 bits per heavy atom. The molecule has 2 N–H and O–H groups in total. The molecule has 3 heteroatoms. The predicted molar refractivity (Wildman–Crippen MR) is 58.8 cm³/mol. The molecule has 0 aliphatic heterocycles. The SMILES string of the molecule is CN=C(N)CCOc1ccccc1C. The summed E-state index contributed by atoms with van der Waals surface area (Å²) in [4.78, 5) is 3.86. The number of hydrogen-bond donors (Lipinski definition) is 1. The molecule has 0 radical (unpaired) electrons. The first kappa shape index (κ1) is 10.6. The smallest absolute Gasteiger partial charge is 0.122 e. The van der Waals surface area contributed by atoms with E-state index >= 15 is 0 Å². The molecule has 0 bridgehead atoms. The van der Waals surface area contributed by atoms with Crippen LogP contribution in [0, 0.1) is 6.92 Å². The Labute approximate surface area is 84.6 Å². The minimum absolute atomic E-state index is 0.577. The van der Waals surface area contributed by atoms with Crippen molar-refractivity contribution in [3.05, 3.63) is 29.8 Å². The standard InChI is InChI=1S/C11H16N2O/c1-9-5-3-4-6-10(9)14-8-7-11(12)13-2/h3-6H,7-8H2,1-2H3,(H2,12,13). The molecule has 1 aromatic rings. The van der Waals surface area contributed by atoms with Gasteiger partial charge in [-0.3, -0.25) is 4.99 Å². The largest absolute Gasteiger partial charge is 0.493 e. The van der Waals surface area contributed by atoms with Gasteiger partial charge in [0.05, 0.1) is 12.4 Å². The summed E-state index contributed by atoms with van der Waals surface area (Å²) in [6, 6.07) is 7.92. The normalized spacial score (nSPS) is 11.4. The van der Waals surface area contributed by atoms with Gasteiger partial charge < -0.3 is 10.5 Å². The highest BCUT2D eigenvalue weighted by atomic mass is 16.5. The Balaban J connectivity index is 2.43. The molecule has 0 atom stereocenters. The van der Waals surface area contributed by atoms with Gasteiger partial charge in [0.1, 0.15) is 5.75 Å². The van der Waals surface area contributed by atoms with Crippen LogP contribution in [0.1, 0.15) is 12.0 Å². The van der Waals surface area contributed by atoms with Gasteiger partial charge in [0.2, 0.25) is 0 Å². The second kappa shape index (κ2) is 5.27. The maximum absolute atomic E-state index is 5.55. The van der Waals surface area contributed by atoms with Crippen molar-refractivity contribution in [3.63, 3.8) is 0 Å². The molecule has 0 saturated carbocycles. The molecule has 0 fully saturated rings. The van der Waals surface area contributed by atoms with E-state index in [0.717, 1.165) is 11.3 Å². The number of para-hydroxylation sites is 1. The molecule has 3 nitrogen and oxygen atoms in total. The molecule has 14 heavy (non-hydrogen) atoms. The van der Waals surface area contributed by atoms with Gasteiger partial charge in [0.15, 0.2) is 0 Å². The Hall–Kier alpha value is -1.51. The van der Waals surface area contributed by atoms with Gasteiger partial charge in [0, 0.05) is 13.5 Å². The fourth-order valence-electron chi connectivity index (χ4n) is 1.10. The van der Waals surface area contributed by atoms with E-state index < -0.39 is 0 Å². The number of ether oxygens (including phenoxy) is 1. The third kappa shape index (κ3) is 3.09. The van der Waals surface area contributed by atoms with Gasteiger partial charge in [-0.2, -0.15) is 0 Å². The fourth-order valence-corrected chi connectivity index (χ4v) is 1.10. The number of aryl methyl sites for hydroxylation is 1. The molecule has 0 aliphatic rings. The van der Waals surface area contributed by atoms with Crippen molar-refractivity contribution in [2.24, 2.45) is 10.7 Å². The number of aliphatic imine (C=N–C) groups is 1. The van der Waals surface area contributed by atoms with Crippen LogP contribution < -0.4 is 10.5 Å². The average molecular weight is 192 g/mol. The lowest BCUT2D eigenvalue weighted by Gasteiger charge is -2.07. The van der Waals surface area contributed by atoms with E-state index in [0.29, 0.717) is 18.9 Å². The van der Waals surface area contributed by atoms with Crippen LogP contribution in [0.3, 0.4) is 0 Å². The maximum atomic E-state index is 5.55. The minimum Gasteiger partial charge on any atom is -0.493 e. The summed E-state index contributed by atoms with van der Waals surface area (Å²) in [6.45, 7) is 2.60. The van der Waals surface area contributed by atoms with E-state index in [4.69, 9.17) is 10.5 Å². The monoisotopic (exact) mass is 192 g/mol. The quantitative estimate of drug-likeness (QED) is 0.583. The Bertz CT molecular complexity index is 321. The van der Waals surface area contributed by atoms with Crippen molar-refractivity contribution in [2.75, 3.05) is 13.7 Å². The van der Waals surface area contributed by atoms with Crippen LogP contribution in [0.2, 0.25) is 0 Å². The molecule has 76 valence electrons. The second-order valence-electron chi connectivity index (χ2n) is 3.08. The summed E-state index contributed by atoms with van der Waals surface area (Å²) in [5.74, 6) is 1.54. The van der Waals surface area contributed by atoms with Crippen LogP contribution in [0.15, 0.2) is 29.3 Å². The van der Waals surface area contributed by atoms with Crippen molar-refractivity contribution in [1.82, 2.24) is 0 Å². The van der Waals surface area contributed by atoms with Crippen LogP contribution in [-0.2, 0) is 0 Å². The number of hydrogen-bond acceptors (Lipinski definition) is 2. The molecule has 0 saturated heterocycles. The highest BCUT2D eigenvalue weighted by Crippen LogP contribution is 2.15. The fraction of sp³-hybridized carbons (Fsp3) is 0.364. The molecule has 0 amide bonds. The predicted octanol–water partition coefficient (Wildman–Crippen LogP) is 1.75. The van der Waals surface area contributed by atoms with Gasteiger partial charge >= 0.3 is 0 Å². The zero-order chi connectivity index (χ0) is 10.4. The highest BCUT2D eigenvalue weighted by Gasteiger charge is 1.97. The first-order chi connectivity index (χ1) is 6.74. The average Bonchev–Trinajstić information content (AvgIpc) is 2.20. The van der Waals surface area contributed by atoms with Crippen molar-refractivity contribution in [3.8, 4) is 5.75 Å². The topological polar surface area (TPSA) is 47.6 Å². The van der Waals surface area contributed by atoms with Crippen LogP contribution in [-0.4, -0.2) is 19.5 Å². The van der Waals surface area contributed by atoms with Crippen molar-refractivity contribution in [1.29, 1.82) is 0 Å². The summed E-state index contributed by atoms with van der Waals surface area (Å²) < 4.78 is 5.55. The summed E-state index contributed by atoms with van der Waals surface area (Å²) in [6.07, 6.45) is 0.671. The lowest BCUT2D eigenvalue weighted by Crippen LogP contribution is -2.15. The molecule has 0 aromatic heterocycles. The Kier molecular flexibility index (Phi) is 3.98. The number of amidine groups is 1. The van der Waals surface area contributed by atoms with Gasteiger partial charge in [0.25, 0.3) is 0 Å². The molecule has 0 heterocycles. The summed E-state index contributed by atoms with van der Waals surface area (Å²) in [5.41, 5.74) is 6.68. The summed E-state index contributed by atoms with van der Waals surface area (Å²) in [5, 5.41) is 0. The molecule has 0 unspecified atom stereocenters. The van der Waals surface area contributed by atoms with E-state index in [1.165, 1.54) is 0 Å². The van der Waals surface area contributed by atoms with Crippen LogP contribution >= 0.6 is 0 Å². The van der Waals surface area contributed by atoms with Crippen molar-refractivity contribution < 1.29 is 4.74 Å². The van der Waals surface area contributed by atoms with Crippen molar-refractivity contribution >= 4 is 5.84 Å². The van der Waals surface area contributed by atoms with Crippen LogP contribution in [0.5, 0.6) is 5.75 Å². The number of benzene rings is 1. The van der Waals surface area contributed by atoms with Gasteiger partial charge in [-0.15, -0.1) is 0 Å². The van der Waals surface area contributed by atoms with Crippen molar-refractivity contribution in [2.45, 2.75) is 13.3 Å². The summed E-state index contributed by atoms with van der Waals surface area (Å²) >= 11 is 0. The molecular formula is C11H16N2O. The zero-order valence-electron chi connectivity index (χ0n) is 8.66. The first-order valence-electron chi connectivity index (χ1n) is 4.63. The molecule has 0 aliphatic carbocycles. The lowest BCUT2D eigenvalue weighted by atomic mass is 10.2. The first-order valence-corrected chi connectivity index (χ1v) is 4.63. The van der Waals surface area contributed by atoms with E-state index in [9.17, 15) is 0 Å². The van der Waals surface area contributed by atoms with E-state index in [1.807, 2.05) is 31.2 Å². The summed E-state index contributed by atoms with van der Waals surface area (Å²) in [7, 11) is 1.68. The molecule has 0 spiro atoms. The third-order valence-corrected chi connectivity index (χ3v) is 2.00. The number of rotatable bonds is 4. The van der Waals surface area contributed by atoms with Gasteiger partial charge in [-0.05, 0) is 18.6 Å². The van der Waals surface area contributed by atoms with E-state index in [2.05, 4.69) is 4.99 Å². The highest BCUT2D eigenvalue weighted by molar-refractivity contribution is 5.80. The van der Waals surface area contributed by atoms with E-state index in [1.54, 1.807) is 7.05 Å². The van der Waals surface area contributed by atoms with E-state index in [-0.39, 0.29) is 0 Å². The minimum atomic E-state index is 0.577. The second-order valence-corrected chi connectivity index (χ2v) is 3.08. The lowest BCUT2D eigenvalue weighted by molar-refractivity contribution is 0.326. The molecule has 1 rings (SSSR count). The number of nitrogens with zero attached hydrogens (tertiary/aromatic N) is 1. The third-order valence-electron chi connectivity index (χ3n) is 2.00. The van der Waals surface area contributed by atoms with Gasteiger partial charge in [-0.1, -0.05) is 18.2 Å². The van der Waals surface area contributed by atoms with Crippen LogP contribution in [0.4, 0.5) is 0 Å². The van der Waals surface area contributed by atoms with Crippen LogP contribution in [0.25, 0.3) is 0 Å².